The van der Waals surface area contributed by atoms with Crippen molar-refractivity contribution in [2.75, 3.05) is 7.11 Å². The van der Waals surface area contributed by atoms with Crippen LogP contribution in [0.3, 0.4) is 0 Å². The Morgan fingerprint density at radius 1 is 1.25 bits per heavy atom. The van der Waals surface area contributed by atoms with Crippen molar-refractivity contribution in [3.8, 4) is 0 Å². The fraction of sp³-hybridized carbons (Fsp3) is 0.0909. The quantitative estimate of drug-likeness (QED) is 0.471. The van der Waals surface area contributed by atoms with Gasteiger partial charge in [-0.05, 0) is 5.56 Å². The lowest BCUT2D eigenvalue weighted by molar-refractivity contribution is -0.249. The van der Waals surface area contributed by atoms with Crippen LogP contribution in [-0.2, 0) is 19.4 Å². The molecule has 0 aliphatic carbocycles. The van der Waals surface area contributed by atoms with Crippen molar-refractivity contribution in [3.05, 3.63) is 42.0 Å². The molecule has 0 fully saturated rings. The Hall–Kier alpha value is -2.14. The molecule has 0 atom stereocenters. The van der Waals surface area contributed by atoms with Crippen LogP contribution in [0.5, 0.6) is 0 Å². The van der Waals surface area contributed by atoms with E-state index in [0.717, 1.165) is 13.2 Å². The van der Waals surface area contributed by atoms with Crippen LogP contribution in [0.1, 0.15) is 5.56 Å². The van der Waals surface area contributed by atoms with Crippen LogP contribution in [0, 0.1) is 0 Å². The summed E-state index contributed by atoms with van der Waals surface area (Å²) in [6, 6.07) is 8.26. The Morgan fingerprint density at radius 3 is 2.38 bits per heavy atom. The minimum Gasteiger partial charge on any atom is -0.478 e. The van der Waals surface area contributed by atoms with E-state index in [1.54, 1.807) is 30.3 Å². The van der Waals surface area contributed by atoms with Gasteiger partial charge in [-0.3, -0.25) is 4.89 Å². The molecule has 0 aromatic heterocycles. The fourth-order valence-corrected chi connectivity index (χ4v) is 1.11. The van der Waals surface area contributed by atoms with Crippen molar-refractivity contribution in [1.29, 1.82) is 0 Å². The molecule has 0 saturated heterocycles. The van der Waals surface area contributed by atoms with Gasteiger partial charge >= 0.3 is 11.9 Å². The normalized spacial score (nSPS) is 10.9. The summed E-state index contributed by atoms with van der Waals surface area (Å²) in [5, 5.41) is 8.93. The van der Waals surface area contributed by atoms with Gasteiger partial charge in [0.2, 0.25) is 0 Å². The van der Waals surface area contributed by atoms with Crippen molar-refractivity contribution in [1.82, 2.24) is 0 Å². The van der Waals surface area contributed by atoms with Crippen LogP contribution in [-0.4, -0.2) is 24.2 Å². The Bertz CT molecular complexity index is 408. The number of carboxylic acid groups (broad SMARTS) is 1. The maximum absolute atomic E-state index is 11.0. The smallest absolute Gasteiger partial charge is 0.366 e. The molecule has 0 unspecified atom stereocenters. The van der Waals surface area contributed by atoms with Crippen molar-refractivity contribution in [2.24, 2.45) is 0 Å². The molecule has 1 aromatic rings. The van der Waals surface area contributed by atoms with Crippen molar-refractivity contribution < 1.29 is 24.5 Å². The molecular formula is C11H10O5. The largest absolute Gasteiger partial charge is 0.478 e. The Morgan fingerprint density at radius 2 is 1.88 bits per heavy atom. The van der Waals surface area contributed by atoms with E-state index in [0.29, 0.717) is 5.56 Å². The van der Waals surface area contributed by atoms with Crippen LogP contribution in [0.15, 0.2) is 36.4 Å². The summed E-state index contributed by atoms with van der Waals surface area (Å²) >= 11 is 0. The molecule has 0 radical (unpaired) electrons. The molecule has 0 heterocycles. The van der Waals surface area contributed by atoms with Gasteiger partial charge in [0.25, 0.3) is 0 Å². The maximum Gasteiger partial charge on any atom is 0.366 e. The van der Waals surface area contributed by atoms with Gasteiger partial charge in [0.05, 0.1) is 12.7 Å². The zero-order valence-electron chi connectivity index (χ0n) is 8.54. The van der Waals surface area contributed by atoms with Gasteiger partial charge in [-0.2, -0.15) is 4.89 Å². The minimum atomic E-state index is -1.21. The van der Waals surface area contributed by atoms with E-state index >= 15 is 0 Å². The second kappa shape index (κ2) is 5.67. The predicted octanol–water partition coefficient (Wildman–Crippen LogP) is 1.26. The highest BCUT2D eigenvalue weighted by Crippen LogP contribution is 2.14. The highest BCUT2D eigenvalue weighted by molar-refractivity contribution is 6.19. The van der Waals surface area contributed by atoms with E-state index in [4.69, 9.17) is 5.11 Å². The molecule has 1 rings (SSSR count). The van der Waals surface area contributed by atoms with Crippen LogP contribution in [0.25, 0.3) is 5.57 Å². The number of carbonyl (C=O) groups is 2. The number of hydrogen-bond donors (Lipinski definition) is 1. The standard InChI is InChI=1S/C11H10O5/c1-15-16-10(12)7-9(11(13)14)8-5-3-2-4-6-8/h2-7H,1H3,(H,13,14)/b9-7-. The summed E-state index contributed by atoms with van der Waals surface area (Å²) in [5.41, 5.74) is 0.269. The molecule has 0 spiro atoms. The highest BCUT2D eigenvalue weighted by atomic mass is 17.2. The average molecular weight is 222 g/mol. The average Bonchev–Trinajstić information content (AvgIpc) is 2.27. The second-order valence-corrected chi connectivity index (χ2v) is 2.80. The third-order valence-electron chi connectivity index (χ3n) is 1.74. The van der Waals surface area contributed by atoms with Crippen LogP contribution < -0.4 is 0 Å². The van der Waals surface area contributed by atoms with Gasteiger partial charge in [0.1, 0.15) is 0 Å². The molecule has 16 heavy (non-hydrogen) atoms. The lowest BCUT2D eigenvalue weighted by atomic mass is 10.1. The molecule has 0 aliphatic rings. The molecule has 84 valence electrons. The fourth-order valence-electron chi connectivity index (χ4n) is 1.11. The summed E-state index contributed by atoms with van der Waals surface area (Å²) in [5.74, 6) is -2.08. The summed E-state index contributed by atoms with van der Waals surface area (Å²) in [4.78, 5) is 30.3. The number of carbonyl (C=O) groups excluding carboxylic acids is 1. The van der Waals surface area contributed by atoms with Crippen LogP contribution in [0.2, 0.25) is 0 Å². The zero-order chi connectivity index (χ0) is 12.0. The molecule has 5 nitrogen and oxygen atoms in total. The zero-order valence-corrected chi connectivity index (χ0v) is 8.54. The van der Waals surface area contributed by atoms with Gasteiger partial charge in [0, 0.05) is 6.08 Å². The summed E-state index contributed by atoms with van der Waals surface area (Å²) < 4.78 is 0. The monoisotopic (exact) mass is 222 g/mol. The summed E-state index contributed by atoms with van der Waals surface area (Å²) in [6.07, 6.45) is 0.862. The predicted molar refractivity (Wildman–Crippen MR) is 55.2 cm³/mol. The molecule has 0 amide bonds. The SMILES string of the molecule is COOC(=O)/C=C(\C(=O)O)c1ccccc1. The third kappa shape index (κ3) is 3.21. The first-order valence-corrected chi connectivity index (χ1v) is 4.40. The van der Waals surface area contributed by atoms with Gasteiger partial charge in [-0.25, -0.2) is 9.59 Å². The molecular weight excluding hydrogens is 212 g/mol. The minimum absolute atomic E-state index is 0.150. The van der Waals surface area contributed by atoms with E-state index in [2.05, 4.69) is 9.78 Å². The maximum atomic E-state index is 11.0. The van der Waals surface area contributed by atoms with E-state index in [-0.39, 0.29) is 5.57 Å². The van der Waals surface area contributed by atoms with Crippen molar-refractivity contribution >= 4 is 17.5 Å². The molecule has 0 saturated carbocycles. The molecule has 0 bridgehead atoms. The number of benzene rings is 1. The van der Waals surface area contributed by atoms with Crippen LogP contribution >= 0.6 is 0 Å². The first-order valence-electron chi connectivity index (χ1n) is 4.40. The molecule has 0 aliphatic heterocycles. The first-order chi connectivity index (χ1) is 7.65. The summed E-state index contributed by atoms with van der Waals surface area (Å²) in [7, 11) is 1.16. The second-order valence-electron chi connectivity index (χ2n) is 2.80. The lowest BCUT2D eigenvalue weighted by Crippen LogP contribution is -2.05. The molecule has 1 aromatic carbocycles. The number of carboxylic acids is 1. The van der Waals surface area contributed by atoms with E-state index in [1.807, 2.05) is 0 Å². The van der Waals surface area contributed by atoms with Gasteiger partial charge in [0.15, 0.2) is 0 Å². The lowest BCUT2D eigenvalue weighted by Gasteiger charge is -2.01. The van der Waals surface area contributed by atoms with E-state index in [1.165, 1.54) is 0 Å². The summed E-state index contributed by atoms with van der Waals surface area (Å²) in [6.45, 7) is 0. The van der Waals surface area contributed by atoms with Crippen molar-refractivity contribution in [2.45, 2.75) is 0 Å². The Kier molecular flexibility index (Phi) is 4.23. The highest BCUT2D eigenvalue weighted by Gasteiger charge is 2.12. The number of rotatable bonds is 4. The molecule has 1 N–H and O–H groups in total. The number of hydrogen-bond acceptors (Lipinski definition) is 4. The van der Waals surface area contributed by atoms with E-state index < -0.39 is 11.9 Å². The van der Waals surface area contributed by atoms with Gasteiger partial charge in [-0.1, -0.05) is 30.3 Å². The van der Waals surface area contributed by atoms with Gasteiger partial charge < -0.3 is 5.11 Å². The molecule has 5 heteroatoms. The van der Waals surface area contributed by atoms with Crippen molar-refractivity contribution in [3.63, 3.8) is 0 Å². The topological polar surface area (TPSA) is 72.8 Å². The van der Waals surface area contributed by atoms with Gasteiger partial charge in [-0.15, -0.1) is 0 Å². The Balaban J connectivity index is 3.01. The Labute approximate surface area is 91.8 Å². The van der Waals surface area contributed by atoms with E-state index in [9.17, 15) is 9.59 Å². The van der Waals surface area contributed by atoms with Crippen LogP contribution in [0.4, 0.5) is 0 Å². The first kappa shape index (κ1) is 11.9. The third-order valence-corrected chi connectivity index (χ3v) is 1.74. The number of aliphatic carboxylic acids is 1.